The van der Waals surface area contributed by atoms with E-state index in [1.165, 1.54) is 0 Å². The number of amidine groups is 1. The summed E-state index contributed by atoms with van der Waals surface area (Å²) >= 11 is 0. The summed E-state index contributed by atoms with van der Waals surface area (Å²) in [7, 11) is 0. The lowest BCUT2D eigenvalue weighted by atomic mass is 10.0. The van der Waals surface area contributed by atoms with E-state index in [0.717, 1.165) is 31.6 Å². The topological polar surface area (TPSA) is 61.8 Å². The number of aliphatic hydroxyl groups excluding tert-OH is 1. The molecule has 1 unspecified atom stereocenters. The minimum absolute atomic E-state index is 0.224. The molecule has 1 aliphatic rings. The number of hydrogen-bond acceptors (Lipinski definition) is 4. The van der Waals surface area contributed by atoms with E-state index in [9.17, 15) is 5.11 Å². The highest BCUT2D eigenvalue weighted by Crippen LogP contribution is 2.21. The van der Waals surface area contributed by atoms with Crippen molar-refractivity contribution in [2.75, 3.05) is 13.1 Å². The molecule has 0 aromatic carbocycles. The Morgan fingerprint density at radius 1 is 1.44 bits per heavy atom. The van der Waals surface area contributed by atoms with Crippen LogP contribution in [0.25, 0.3) is 0 Å². The van der Waals surface area contributed by atoms with Gasteiger partial charge in [0.15, 0.2) is 0 Å². The summed E-state index contributed by atoms with van der Waals surface area (Å²) < 4.78 is 0. The Kier molecular flexibility index (Phi) is 4.55. The lowest BCUT2D eigenvalue weighted by Crippen LogP contribution is -2.37. The average Bonchev–Trinajstić information content (AvgIpc) is 2.26. The van der Waals surface area contributed by atoms with E-state index in [1.54, 1.807) is 6.20 Å². The average molecular weight is 223 g/mol. The second kappa shape index (κ2) is 5.70. The Balaban J connectivity index is 2.87. The van der Waals surface area contributed by atoms with Gasteiger partial charge in [0, 0.05) is 18.7 Å². The van der Waals surface area contributed by atoms with Crippen molar-refractivity contribution in [3.8, 4) is 0 Å². The quantitative estimate of drug-likeness (QED) is 0.737. The first-order valence-corrected chi connectivity index (χ1v) is 5.77. The zero-order chi connectivity index (χ0) is 12.1. The van der Waals surface area contributed by atoms with Gasteiger partial charge in [0.2, 0.25) is 0 Å². The number of nitrogens with two attached hydrogens (primary N) is 1. The van der Waals surface area contributed by atoms with Gasteiger partial charge in [-0.15, -0.1) is 0 Å². The molecule has 0 aromatic heterocycles. The third-order valence-corrected chi connectivity index (χ3v) is 2.60. The summed E-state index contributed by atoms with van der Waals surface area (Å²) in [4.78, 5) is 6.20. The van der Waals surface area contributed by atoms with Gasteiger partial charge in [-0.1, -0.05) is 20.4 Å². The minimum atomic E-state index is -0.837. The fourth-order valence-corrected chi connectivity index (χ4v) is 1.79. The Bertz CT molecular complexity index is 314. The van der Waals surface area contributed by atoms with Crippen LogP contribution in [0.4, 0.5) is 0 Å². The number of nitrogens with zero attached hydrogens (tertiary/aromatic N) is 2. The van der Waals surface area contributed by atoms with Crippen molar-refractivity contribution in [2.45, 2.75) is 32.8 Å². The van der Waals surface area contributed by atoms with Crippen LogP contribution < -0.4 is 5.73 Å². The normalized spacial score (nSPS) is 20.4. The van der Waals surface area contributed by atoms with Gasteiger partial charge in [-0.3, -0.25) is 0 Å². The van der Waals surface area contributed by atoms with Crippen molar-refractivity contribution in [3.63, 3.8) is 0 Å². The van der Waals surface area contributed by atoms with Gasteiger partial charge in [0.1, 0.15) is 11.9 Å². The number of hydrogen-bond donors (Lipinski definition) is 2. The van der Waals surface area contributed by atoms with E-state index in [0.29, 0.717) is 5.57 Å². The highest BCUT2D eigenvalue weighted by atomic mass is 16.3. The molecule has 0 aromatic rings. The highest BCUT2D eigenvalue weighted by Gasteiger charge is 2.23. The van der Waals surface area contributed by atoms with Crippen molar-refractivity contribution in [2.24, 2.45) is 10.7 Å². The Labute approximate surface area is 97.2 Å². The van der Waals surface area contributed by atoms with Gasteiger partial charge in [-0.25, -0.2) is 4.99 Å². The molecule has 4 nitrogen and oxygen atoms in total. The summed E-state index contributed by atoms with van der Waals surface area (Å²) in [5.41, 5.74) is 7.11. The van der Waals surface area contributed by atoms with Crippen LogP contribution >= 0.6 is 0 Å². The first-order valence-electron chi connectivity index (χ1n) is 5.77. The standard InChI is InChI=1S/C12H21N3O/c1-4-6-15(7-5-2)10-8-14-12(13)11(16)9(10)3/h8,11,16H,3-7H2,1-2H3,(H2,13,14). The van der Waals surface area contributed by atoms with Crippen LogP contribution in [0.15, 0.2) is 29.0 Å². The molecule has 16 heavy (non-hydrogen) atoms. The summed E-state index contributed by atoms with van der Waals surface area (Å²) in [6.45, 7) is 10.0. The molecule has 1 rings (SSSR count). The molecule has 4 heteroatoms. The molecule has 0 fully saturated rings. The first kappa shape index (κ1) is 12.8. The predicted molar refractivity (Wildman–Crippen MR) is 67.0 cm³/mol. The van der Waals surface area contributed by atoms with Crippen LogP contribution in [0.1, 0.15) is 26.7 Å². The summed E-state index contributed by atoms with van der Waals surface area (Å²) in [5, 5.41) is 9.78. The fourth-order valence-electron chi connectivity index (χ4n) is 1.79. The van der Waals surface area contributed by atoms with Crippen molar-refractivity contribution >= 4 is 5.84 Å². The molecule has 0 spiro atoms. The molecule has 0 amide bonds. The van der Waals surface area contributed by atoms with Gasteiger partial charge in [0.25, 0.3) is 0 Å². The van der Waals surface area contributed by atoms with E-state index in [1.807, 2.05) is 0 Å². The van der Waals surface area contributed by atoms with Crippen molar-refractivity contribution in [3.05, 3.63) is 24.0 Å². The molecule has 1 aliphatic heterocycles. The summed E-state index contributed by atoms with van der Waals surface area (Å²) in [6, 6.07) is 0. The lowest BCUT2D eigenvalue weighted by Gasteiger charge is -2.31. The van der Waals surface area contributed by atoms with Gasteiger partial charge >= 0.3 is 0 Å². The fraction of sp³-hybridized carbons (Fsp3) is 0.583. The highest BCUT2D eigenvalue weighted by molar-refractivity contribution is 5.90. The van der Waals surface area contributed by atoms with Gasteiger partial charge < -0.3 is 15.7 Å². The number of aliphatic hydroxyl groups is 1. The molecule has 90 valence electrons. The van der Waals surface area contributed by atoms with Crippen molar-refractivity contribution < 1.29 is 5.11 Å². The van der Waals surface area contributed by atoms with E-state index in [4.69, 9.17) is 5.73 Å². The summed E-state index contributed by atoms with van der Waals surface area (Å²) in [6.07, 6.45) is 2.98. The van der Waals surface area contributed by atoms with Crippen LogP contribution in [-0.4, -0.2) is 35.0 Å². The van der Waals surface area contributed by atoms with E-state index < -0.39 is 6.10 Å². The SMILES string of the molecule is C=C1C(N(CCC)CCC)=CN=C(N)C1O. The van der Waals surface area contributed by atoms with Crippen LogP contribution in [-0.2, 0) is 0 Å². The molecule has 3 N–H and O–H groups in total. The largest absolute Gasteiger partial charge is 0.385 e. The second-order valence-electron chi connectivity index (χ2n) is 3.98. The lowest BCUT2D eigenvalue weighted by molar-refractivity contribution is 0.260. The zero-order valence-electron chi connectivity index (χ0n) is 10.1. The monoisotopic (exact) mass is 223 g/mol. The van der Waals surface area contributed by atoms with E-state index in [-0.39, 0.29) is 5.84 Å². The zero-order valence-corrected chi connectivity index (χ0v) is 10.1. The Hall–Kier alpha value is -1.29. The number of aliphatic imine (C=N–C) groups is 1. The van der Waals surface area contributed by atoms with Crippen LogP contribution in [0, 0.1) is 0 Å². The Morgan fingerprint density at radius 3 is 2.50 bits per heavy atom. The molecule has 1 heterocycles. The molecule has 0 radical (unpaired) electrons. The van der Waals surface area contributed by atoms with Gasteiger partial charge in [-0.05, 0) is 12.8 Å². The molecule has 1 atom stereocenters. The van der Waals surface area contributed by atoms with Crippen LogP contribution in [0.3, 0.4) is 0 Å². The molecule has 0 saturated heterocycles. The van der Waals surface area contributed by atoms with Crippen molar-refractivity contribution in [1.29, 1.82) is 0 Å². The van der Waals surface area contributed by atoms with Gasteiger partial charge in [0.05, 0.1) is 11.9 Å². The molecule has 0 bridgehead atoms. The van der Waals surface area contributed by atoms with E-state index in [2.05, 4.69) is 30.3 Å². The molecule has 0 aliphatic carbocycles. The minimum Gasteiger partial charge on any atom is -0.385 e. The summed E-state index contributed by atoms with van der Waals surface area (Å²) in [5.74, 6) is 0.224. The smallest absolute Gasteiger partial charge is 0.137 e. The maximum Gasteiger partial charge on any atom is 0.137 e. The van der Waals surface area contributed by atoms with Crippen molar-refractivity contribution in [1.82, 2.24) is 4.90 Å². The number of rotatable bonds is 5. The van der Waals surface area contributed by atoms with Crippen LogP contribution in [0.2, 0.25) is 0 Å². The second-order valence-corrected chi connectivity index (χ2v) is 3.98. The third kappa shape index (κ3) is 2.64. The molecular weight excluding hydrogens is 202 g/mol. The maximum atomic E-state index is 9.78. The molecule has 0 saturated carbocycles. The van der Waals surface area contributed by atoms with Crippen LogP contribution in [0.5, 0.6) is 0 Å². The predicted octanol–water partition coefficient (Wildman–Crippen LogP) is 1.24. The molecular formula is C12H21N3O. The van der Waals surface area contributed by atoms with E-state index >= 15 is 0 Å². The Morgan fingerprint density at radius 2 is 2.00 bits per heavy atom. The third-order valence-electron chi connectivity index (χ3n) is 2.60. The van der Waals surface area contributed by atoms with Gasteiger partial charge in [-0.2, -0.15) is 0 Å². The maximum absolute atomic E-state index is 9.78. The first-order chi connectivity index (χ1) is 7.61.